The summed E-state index contributed by atoms with van der Waals surface area (Å²) in [6.07, 6.45) is 9.44. The van der Waals surface area contributed by atoms with Gasteiger partial charge in [-0.2, -0.15) is 5.26 Å². The third-order valence-corrected chi connectivity index (χ3v) is 5.12. The lowest BCUT2D eigenvalue weighted by Gasteiger charge is -2.18. The highest BCUT2D eigenvalue weighted by Crippen LogP contribution is 2.26. The van der Waals surface area contributed by atoms with E-state index < -0.39 is 0 Å². The standard InChI is InChI=1S/C22H29N3OS/c1-22(2,3)27-24-15-5-4-6-21(26)25-20-13-11-19(12-14-20)18-9-7-17(16-23)8-10-18/h7-11,13-14,19,24H,4-6,12,15H2,1-3H3,(H,25,26). The highest BCUT2D eigenvalue weighted by atomic mass is 32.2. The maximum Gasteiger partial charge on any atom is 0.224 e. The Morgan fingerprint density at radius 2 is 2.00 bits per heavy atom. The molecule has 0 radical (unpaired) electrons. The molecule has 1 amide bonds. The number of hydrogen-bond donors (Lipinski definition) is 2. The maximum absolute atomic E-state index is 12.1. The van der Waals surface area contributed by atoms with Crippen molar-refractivity contribution in [1.29, 1.82) is 5.26 Å². The van der Waals surface area contributed by atoms with Crippen molar-refractivity contribution in [3.05, 3.63) is 59.3 Å². The zero-order chi connectivity index (χ0) is 19.7. The molecule has 0 saturated carbocycles. The van der Waals surface area contributed by atoms with Crippen LogP contribution >= 0.6 is 11.9 Å². The number of allylic oxidation sites excluding steroid dienone is 3. The van der Waals surface area contributed by atoms with Crippen molar-refractivity contribution >= 4 is 17.9 Å². The first-order chi connectivity index (χ1) is 12.9. The lowest BCUT2D eigenvalue weighted by Crippen LogP contribution is -2.23. The molecule has 1 unspecified atom stereocenters. The molecule has 0 saturated heterocycles. The Morgan fingerprint density at radius 3 is 2.59 bits per heavy atom. The Balaban J connectivity index is 1.66. The molecular weight excluding hydrogens is 354 g/mol. The summed E-state index contributed by atoms with van der Waals surface area (Å²) in [7, 11) is 0. The molecule has 4 nitrogen and oxygen atoms in total. The fourth-order valence-corrected chi connectivity index (χ4v) is 3.42. The summed E-state index contributed by atoms with van der Waals surface area (Å²) in [4.78, 5) is 12.1. The zero-order valence-electron chi connectivity index (χ0n) is 16.4. The quantitative estimate of drug-likeness (QED) is 0.499. The molecule has 1 aliphatic carbocycles. The van der Waals surface area contributed by atoms with Crippen molar-refractivity contribution in [2.24, 2.45) is 0 Å². The third kappa shape index (κ3) is 8.03. The first-order valence-electron chi connectivity index (χ1n) is 9.46. The molecule has 1 aromatic rings. The molecule has 2 N–H and O–H groups in total. The van der Waals surface area contributed by atoms with E-state index in [0.717, 1.165) is 31.5 Å². The number of carbonyl (C=O) groups excluding carboxylic acids is 1. The van der Waals surface area contributed by atoms with Crippen molar-refractivity contribution in [3.63, 3.8) is 0 Å². The molecule has 27 heavy (non-hydrogen) atoms. The van der Waals surface area contributed by atoms with Crippen LogP contribution < -0.4 is 10.0 Å². The normalized spacial score (nSPS) is 16.5. The minimum atomic E-state index is 0.0752. The van der Waals surface area contributed by atoms with Gasteiger partial charge in [-0.15, -0.1) is 0 Å². The number of amides is 1. The summed E-state index contributed by atoms with van der Waals surface area (Å²) < 4.78 is 3.57. The van der Waals surface area contributed by atoms with Crippen LogP contribution in [0, 0.1) is 11.3 Å². The number of nitrogens with one attached hydrogen (secondary N) is 2. The average Bonchev–Trinajstić information content (AvgIpc) is 2.64. The van der Waals surface area contributed by atoms with E-state index in [9.17, 15) is 4.79 Å². The molecule has 2 rings (SSSR count). The summed E-state index contributed by atoms with van der Waals surface area (Å²) in [5.41, 5.74) is 2.74. The molecule has 0 heterocycles. The number of unbranched alkanes of at least 4 members (excludes halogenated alkanes) is 1. The topological polar surface area (TPSA) is 64.9 Å². The fraction of sp³-hybridized carbons (Fsp3) is 0.455. The predicted molar refractivity (Wildman–Crippen MR) is 113 cm³/mol. The Kier molecular flexibility index (Phi) is 8.15. The van der Waals surface area contributed by atoms with Crippen LogP contribution in [-0.2, 0) is 4.79 Å². The second-order valence-corrected chi connectivity index (χ2v) is 9.43. The van der Waals surface area contributed by atoms with E-state index in [1.54, 1.807) is 11.9 Å². The number of hydrogen-bond acceptors (Lipinski definition) is 4. The summed E-state index contributed by atoms with van der Waals surface area (Å²) in [6.45, 7) is 7.45. The molecular formula is C22H29N3OS. The van der Waals surface area contributed by atoms with Crippen LogP contribution in [0.15, 0.2) is 48.2 Å². The average molecular weight is 384 g/mol. The van der Waals surface area contributed by atoms with Crippen molar-refractivity contribution < 1.29 is 4.79 Å². The second-order valence-electron chi connectivity index (χ2n) is 7.71. The summed E-state index contributed by atoms with van der Waals surface area (Å²) in [5, 5.41) is 11.9. The lowest BCUT2D eigenvalue weighted by molar-refractivity contribution is -0.120. The third-order valence-electron chi connectivity index (χ3n) is 4.16. The van der Waals surface area contributed by atoms with Gasteiger partial charge in [-0.1, -0.05) is 36.2 Å². The van der Waals surface area contributed by atoms with Gasteiger partial charge in [0.15, 0.2) is 0 Å². The number of nitriles is 1. The number of nitrogens with zero attached hydrogens (tertiary/aromatic N) is 1. The summed E-state index contributed by atoms with van der Waals surface area (Å²) in [6, 6.07) is 9.82. The minimum Gasteiger partial charge on any atom is -0.326 e. The smallest absolute Gasteiger partial charge is 0.224 e. The van der Waals surface area contributed by atoms with E-state index in [0.29, 0.717) is 17.9 Å². The van der Waals surface area contributed by atoms with Crippen LogP contribution in [0.25, 0.3) is 0 Å². The predicted octanol–water partition coefficient (Wildman–Crippen LogP) is 4.81. The van der Waals surface area contributed by atoms with Crippen molar-refractivity contribution in [1.82, 2.24) is 10.0 Å². The Morgan fingerprint density at radius 1 is 1.26 bits per heavy atom. The molecule has 144 valence electrons. The van der Waals surface area contributed by atoms with E-state index in [2.05, 4.69) is 49.0 Å². The SMILES string of the molecule is CC(C)(C)SNCCCCC(=O)NC1=CCC(c2ccc(C#N)cc2)C=C1. The van der Waals surface area contributed by atoms with E-state index in [1.165, 1.54) is 5.56 Å². The second kappa shape index (κ2) is 10.3. The Bertz CT molecular complexity index is 723. The van der Waals surface area contributed by atoms with Crippen LogP contribution in [0.2, 0.25) is 0 Å². The molecule has 0 bridgehead atoms. The van der Waals surface area contributed by atoms with Crippen LogP contribution in [0.1, 0.15) is 63.5 Å². The summed E-state index contributed by atoms with van der Waals surface area (Å²) in [5.74, 6) is 0.371. The van der Waals surface area contributed by atoms with Gasteiger partial charge in [0.2, 0.25) is 5.91 Å². The van der Waals surface area contributed by atoms with Crippen LogP contribution in [-0.4, -0.2) is 17.2 Å². The van der Waals surface area contributed by atoms with Gasteiger partial charge in [0.1, 0.15) is 0 Å². The monoisotopic (exact) mass is 383 g/mol. The first-order valence-corrected chi connectivity index (χ1v) is 10.3. The van der Waals surface area contributed by atoms with Crippen LogP contribution in [0.3, 0.4) is 0 Å². The molecule has 5 heteroatoms. The van der Waals surface area contributed by atoms with Gasteiger partial charge >= 0.3 is 0 Å². The van der Waals surface area contributed by atoms with Gasteiger partial charge in [-0.05, 0) is 63.8 Å². The van der Waals surface area contributed by atoms with E-state index in [-0.39, 0.29) is 10.7 Å². The molecule has 1 aromatic carbocycles. The largest absolute Gasteiger partial charge is 0.326 e. The van der Waals surface area contributed by atoms with Crippen molar-refractivity contribution in [2.75, 3.05) is 6.54 Å². The molecule has 0 fully saturated rings. The van der Waals surface area contributed by atoms with E-state index >= 15 is 0 Å². The first kappa shape index (κ1) is 21.3. The van der Waals surface area contributed by atoms with Gasteiger partial charge in [-0.25, -0.2) is 0 Å². The van der Waals surface area contributed by atoms with Crippen LogP contribution in [0.5, 0.6) is 0 Å². The molecule has 1 atom stereocenters. The summed E-state index contributed by atoms with van der Waals surface area (Å²) >= 11 is 1.74. The van der Waals surface area contributed by atoms with E-state index in [1.807, 2.05) is 30.3 Å². The van der Waals surface area contributed by atoms with Crippen molar-refractivity contribution in [3.8, 4) is 6.07 Å². The number of rotatable bonds is 8. The van der Waals surface area contributed by atoms with Gasteiger partial charge < -0.3 is 5.32 Å². The zero-order valence-corrected chi connectivity index (χ0v) is 17.2. The molecule has 0 aliphatic heterocycles. The van der Waals surface area contributed by atoms with E-state index in [4.69, 9.17) is 5.26 Å². The minimum absolute atomic E-state index is 0.0752. The Labute approximate surface area is 167 Å². The fourth-order valence-electron chi connectivity index (χ4n) is 2.74. The van der Waals surface area contributed by atoms with Gasteiger partial charge in [0.25, 0.3) is 0 Å². The molecule has 1 aliphatic rings. The number of carbonyl (C=O) groups is 1. The van der Waals surface area contributed by atoms with Crippen molar-refractivity contribution in [2.45, 2.75) is 57.1 Å². The van der Waals surface area contributed by atoms with Crippen LogP contribution in [0.4, 0.5) is 0 Å². The van der Waals surface area contributed by atoms with Gasteiger partial charge in [0, 0.05) is 29.3 Å². The van der Waals surface area contributed by atoms with Gasteiger partial charge in [-0.3, -0.25) is 9.52 Å². The maximum atomic E-state index is 12.1. The number of benzene rings is 1. The Hall–Kier alpha value is -2.03. The van der Waals surface area contributed by atoms with Gasteiger partial charge in [0.05, 0.1) is 11.6 Å². The molecule has 0 aromatic heterocycles. The molecule has 0 spiro atoms. The highest BCUT2D eigenvalue weighted by Gasteiger charge is 2.13. The lowest BCUT2D eigenvalue weighted by atomic mass is 9.91. The highest BCUT2D eigenvalue weighted by molar-refractivity contribution is 7.98.